The SMILES string of the molecule is c1ccc(-n2c3ccccc3c3ccc(-c4cccc5c4c4ccccc4n5-c4ccc(N(c5ccc6ccccc6c5)c5cccc6ccccc56)cc4)cc32)cc1. The van der Waals surface area contributed by atoms with Crippen molar-refractivity contribution in [1.82, 2.24) is 9.13 Å². The smallest absolute Gasteiger partial charge is 0.0547 e. The molecule has 0 bridgehead atoms. The Kier molecular flexibility index (Phi) is 7.54. The molecule has 3 nitrogen and oxygen atoms in total. The third kappa shape index (κ3) is 5.29. The van der Waals surface area contributed by atoms with Crippen LogP contribution >= 0.6 is 0 Å². The fourth-order valence-electron chi connectivity index (χ4n) is 9.43. The zero-order chi connectivity index (χ0) is 38.9. The van der Waals surface area contributed by atoms with Crippen LogP contribution in [0, 0.1) is 0 Å². The molecule has 0 saturated heterocycles. The van der Waals surface area contributed by atoms with Crippen LogP contribution in [0.3, 0.4) is 0 Å². The van der Waals surface area contributed by atoms with Crippen LogP contribution in [0.4, 0.5) is 17.1 Å². The van der Waals surface area contributed by atoms with Crippen molar-refractivity contribution in [3.8, 4) is 22.5 Å². The highest BCUT2D eigenvalue weighted by Crippen LogP contribution is 2.43. The van der Waals surface area contributed by atoms with E-state index in [1.54, 1.807) is 0 Å². The standard InChI is InChI=1S/C56H37N3/c1-2-18-42(19-3-1)59-52-24-10-8-21-48(52)49-35-29-41(37-55(49)59)47-23-13-27-54-56(47)50-22-9-11-25-53(50)58(54)44-33-31-43(32-34-44)57(45-30-28-38-14-4-5-16-40(38)36-45)51-26-12-17-39-15-6-7-20-46(39)51/h1-37H. The van der Waals surface area contributed by atoms with Crippen molar-refractivity contribution in [2.75, 3.05) is 4.90 Å². The van der Waals surface area contributed by atoms with Gasteiger partial charge in [0.2, 0.25) is 0 Å². The molecule has 276 valence electrons. The van der Waals surface area contributed by atoms with Crippen LogP contribution in [0.5, 0.6) is 0 Å². The Balaban J connectivity index is 1.03. The van der Waals surface area contributed by atoms with Crippen molar-refractivity contribution in [1.29, 1.82) is 0 Å². The summed E-state index contributed by atoms with van der Waals surface area (Å²) in [5.41, 5.74) is 12.8. The zero-order valence-corrected chi connectivity index (χ0v) is 32.2. The van der Waals surface area contributed by atoms with Gasteiger partial charge in [-0.15, -0.1) is 0 Å². The summed E-state index contributed by atoms with van der Waals surface area (Å²) in [7, 11) is 0. The van der Waals surface area contributed by atoms with Gasteiger partial charge >= 0.3 is 0 Å². The lowest BCUT2D eigenvalue weighted by molar-refractivity contribution is 1.17. The predicted octanol–water partition coefficient (Wildman–Crippen LogP) is 15.3. The molecular formula is C56H37N3. The lowest BCUT2D eigenvalue weighted by Gasteiger charge is -2.27. The molecule has 2 aromatic heterocycles. The van der Waals surface area contributed by atoms with E-state index in [9.17, 15) is 0 Å². The Morgan fingerprint density at radius 2 is 0.881 bits per heavy atom. The first kappa shape index (κ1) is 33.3. The average molecular weight is 752 g/mol. The molecule has 0 spiro atoms. The topological polar surface area (TPSA) is 13.1 Å². The quantitative estimate of drug-likeness (QED) is 0.165. The number of nitrogens with zero attached hydrogens (tertiary/aromatic N) is 3. The fourth-order valence-corrected chi connectivity index (χ4v) is 9.43. The van der Waals surface area contributed by atoms with Gasteiger partial charge in [0.05, 0.1) is 27.8 Å². The van der Waals surface area contributed by atoms with Gasteiger partial charge in [-0.25, -0.2) is 0 Å². The minimum Gasteiger partial charge on any atom is -0.310 e. The van der Waals surface area contributed by atoms with Gasteiger partial charge in [0.1, 0.15) is 0 Å². The van der Waals surface area contributed by atoms with Crippen LogP contribution in [0.15, 0.2) is 224 Å². The van der Waals surface area contributed by atoms with Crippen LogP contribution in [-0.4, -0.2) is 9.13 Å². The number of aromatic nitrogens is 2. The van der Waals surface area contributed by atoms with E-state index in [2.05, 4.69) is 238 Å². The summed E-state index contributed by atoms with van der Waals surface area (Å²) >= 11 is 0. The molecule has 0 aliphatic heterocycles. The average Bonchev–Trinajstić information content (AvgIpc) is 3.82. The summed E-state index contributed by atoms with van der Waals surface area (Å²) in [5, 5.41) is 9.88. The normalized spacial score (nSPS) is 11.7. The predicted molar refractivity (Wildman–Crippen MR) is 250 cm³/mol. The number of hydrogen-bond acceptors (Lipinski definition) is 1. The molecule has 0 saturated carbocycles. The first-order valence-corrected chi connectivity index (χ1v) is 20.3. The maximum atomic E-state index is 2.43. The number of rotatable bonds is 6. The maximum absolute atomic E-state index is 2.43. The number of fused-ring (bicyclic) bond motifs is 8. The first-order chi connectivity index (χ1) is 29.3. The first-order valence-electron chi connectivity index (χ1n) is 20.3. The van der Waals surface area contributed by atoms with Crippen molar-refractivity contribution >= 4 is 82.2 Å². The summed E-state index contributed by atoms with van der Waals surface area (Å²) in [6, 6.07) is 81.7. The Morgan fingerprint density at radius 3 is 1.71 bits per heavy atom. The molecule has 12 rings (SSSR count). The largest absolute Gasteiger partial charge is 0.310 e. The van der Waals surface area contributed by atoms with Crippen LogP contribution < -0.4 is 4.90 Å². The summed E-state index contributed by atoms with van der Waals surface area (Å²) in [4.78, 5) is 2.40. The van der Waals surface area contributed by atoms with Crippen LogP contribution in [0.25, 0.3) is 87.7 Å². The van der Waals surface area contributed by atoms with Crippen molar-refractivity contribution in [2.45, 2.75) is 0 Å². The second-order valence-corrected chi connectivity index (χ2v) is 15.4. The summed E-state index contributed by atoms with van der Waals surface area (Å²) < 4.78 is 4.83. The van der Waals surface area contributed by atoms with E-state index in [1.165, 1.54) is 76.3 Å². The molecule has 2 heterocycles. The monoisotopic (exact) mass is 751 g/mol. The third-order valence-corrected chi connectivity index (χ3v) is 12.1. The highest BCUT2D eigenvalue weighted by atomic mass is 15.1. The lowest BCUT2D eigenvalue weighted by atomic mass is 9.98. The number of benzene rings is 10. The van der Waals surface area contributed by atoms with Crippen LogP contribution in [-0.2, 0) is 0 Å². The number of para-hydroxylation sites is 3. The highest BCUT2D eigenvalue weighted by Gasteiger charge is 2.20. The minimum absolute atomic E-state index is 1.10. The Labute approximate surface area is 341 Å². The number of anilines is 3. The zero-order valence-electron chi connectivity index (χ0n) is 32.2. The summed E-state index contributed by atoms with van der Waals surface area (Å²) in [5.74, 6) is 0. The summed E-state index contributed by atoms with van der Waals surface area (Å²) in [6.07, 6.45) is 0. The molecule has 0 aliphatic carbocycles. The molecule has 3 heteroatoms. The van der Waals surface area contributed by atoms with E-state index < -0.39 is 0 Å². The minimum atomic E-state index is 1.10. The number of hydrogen-bond donors (Lipinski definition) is 0. The van der Waals surface area contributed by atoms with E-state index in [-0.39, 0.29) is 0 Å². The lowest BCUT2D eigenvalue weighted by Crippen LogP contribution is -2.10. The Bertz CT molecular complexity index is 3550. The van der Waals surface area contributed by atoms with Gasteiger partial charge < -0.3 is 14.0 Å². The van der Waals surface area contributed by atoms with Crippen molar-refractivity contribution in [2.24, 2.45) is 0 Å². The van der Waals surface area contributed by atoms with Gasteiger partial charge in [0, 0.05) is 49.7 Å². The molecule has 0 atom stereocenters. The molecule has 59 heavy (non-hydrogen) atoms. The van der Waals surface area contributed by atoms with Crippen molar-refractivity contribution < 1.29 is 0 Å². The molecule has 0 radical (unpaired) electrons. The second-order valence-electron chi connectivity index (χ2n) is 15.4. The van der Waals surface area contributed by atoms with E-state index in [1.807, 2.05) is 0 Å². The van der Waals surface area contributed by atoms with Gasteiger partial charge in [-0.1, -0.05) is 146 Å². The Hall–Kier alpha value is -7.88. The maximum Gasteiger partial charge on any atom is 0.0547 e. The van der Waals surface area contributed by atoms with E-state index in [4.69, 9.17) is 0 Å². The third-order valence-electron chi connectivity index (χ3n) is 12.1. The molecular weight excluding hydrogens is 715 g/mol. The molecule has 0 N–H and O–H groups in total. The molecule has 12 aromatic rings. The molecule has 10 aromatic carbocycles. The van der Waals surface area contributed by atoms with E-state index in [0.29, 0.717) is 0 Å². The molecule has 0 amide bonds. The van der Waals surface area contributed by atoms with Crippen molar-refractivity contribution in [3.05, 3.63) is 224 Å². The van der Waals surface area contributed by atoms with Crippen LogP contribution in [0.2, 0.25) is 0 Å². The van der Waals surface area contributed by atoms with Gasteiger partial charge in [-0.3, -0.25) is 0 Å². The highest BCUT2D eigenvalue weighted by molar-refractivity contribution is 6.17. The van der Waals surface area contributed by atoms with Gasteiger partial charge in [-0.05, 0) is 106 Å². The van der Waals surface area contributed by atoms with Crippen molar-refractivity contribution in [3.63, 3.8) is 0 Å². The second kappa shape index (κ2) is 13.4. The van der Waals surface area contributed by atoms with E-state index >= 15 is 0 Å². The van der Waals surface area contributed by atoms with Gasteiger partial charge in [-0.2, -0.15) is 0 Å². The van der Waals surface area contributed by atoms with E-state index in [0.717, 1.165) is 28.4 Å². The summed E-state index contributed by atoms with van der Waals surface area (Å²) in [6.45, 7) is 0. The van der Waals surface area contributed by atoms with Crippen LogP contribution in [0.1, 0.15) is 0 Å². The van der Waals surface area contributed by atoms with Gasteiger partial charge in [0.15, 0.2) is 0 Å². The molecule has 0 fully saturated rings. The van der Waals surface area contributed by atoms with Gasteiger partial charge in [0.25, 0.3) is 0 Å². The molecule has 0 aliphatic rings. The molecule has 0 unspecified atom stereocenters. The Morgan fingerprint density at radius 1 is 0.305 bits per heavy atom. The fraction of sp³-hybridized carbons (Fsp3) is 0.